The first kappa shape index (κ1) is 26.3. The van der Waals surface area contributed by atoms with Crippen LogP contribution in [0.1, 0.15) is 53.0 Å². The number of amides is 1. The van der Waals surface area contributed by atoms with E-state index in [0.29, 0.717) is 36.7 Å². The number of nitrogens with zero attached hydrogens (tertiary/aromatic N) is 1. The number of hydrogen-bond donors (Lipinski definition) is 1. The summed E-state index contributed by atoms with van der Waals surface area (Å²) in [5, 5.41) is 0.564. The monoisotopic (exact) mass is 508 g/mol. The first-order valence-corrected chi connectivity index (χ1v) is 13.2. The summed E-state index contributed by atoms with van der Waals surface area (Å²) in [7, 11) is -3.86. The first-order valence-electron chi connectivity index (χ1n) is 11.3. The molecule has 0 atom stereocenters. The maximum Gasteiger partial charge on any atom is 0.410 e. The molecule has 2 aromatic carbocycles. The third-order valence-electron chi connectivity index (χ3n) is 5.50. The fourth-order valence-electron chi connectivity index (χ4n) is 3.90. The van der Waals surface area contributed by atoms with Gasteiger partial charge in [-0.1, -0.05) is 23.7 Å². The number of carbonyl (C=O) groups is 1. The topological polar surface area (TPSA) is 84.9 Å². The van der Waals surface area contributed by atoms with Gasteiger partial charge in [-0.05, 0) is 89.4 Å². The van der Waals surface area contributed by atoms with E-state index >= 15 is 0 Å². The number of benzene rings is 2. The Morgan fingerprint density at radius 3 is 2.09 bits per heavy atom. The number of likely N-dealkylation sites (tertiary alicyclic amines) is 1. The van der Waals surface area contributed by atoms with E-state index in [1.807, 2.05) is 46.8 Å². The van der Waals surface area contributed by atoms with Crippen LogP contribution in [-0.2, 0) is 20.3 Å². The first-order chi connectivity index (χ1) is 15.8. The Hall–Kier alpha value is -2.29. The summed E-state index contributed by atoms with van der Waals surface area (Å²) in [5.41, 5.74) is -0.701. The smallest absolute Gasteiger partial charge is 0.410 e. The molecule has 34 heavy (non-hydrogen) atoms. The maximum atomic E-state index is 13.4. The van der Waals surface area contributed by atoms with Crippen LogP contribution in [0, 0.1) is 0 Å². The number of halogens is 1. The fourth-order valence-corrected chi connectivity index (χ4v) is 5.48. The summed E-state index contributed by atoms with van der Waals surface area (Å²) in [6.45, 7) is 9.97. The number of hydrogen-bond acceptors (Lipinski definition) is 5. The Kier molecular flexibility index (Phi) is 7.85. The lowest BCUT2D eigenvalue weighted by atomic mass is 9.82. The zero-order chi connectivity index (χ0) is 25.1. The molecule has 1 amide bonds. The lowest BCUT2D eigenvalue weighted by Gasteiger charge is -2.42. The van der Waals surface area contributed by atoms with Crippen LogP contribution in [0.2, 0.25) is 5.02 Å². The normalized spacial score (nSPS) is 16.4. The van der Waals surface area contributed by atoms with Crippen molar-refractivity contribution in [2.45, 2.75) is 69.6 Å². The van der Waals surface area contributed by atoms with E-state index in [4.69, 9.17) is 21.1 Å². The van der Waals surface area contributed by atoms with Gasteiger partial charge in [-0.3, -0.25) is 0 Å². The fraction of sp³-hybridized carbons (Fsp3) is 0.480. The van der Waals surface area contributed by atoms with Crippen molar-refractivity contribution in [3.63, 3.8) is 0 Å². The molecule has 9 heteroatoms. The van der Waals surface area contributed by atoms with E-state index in [-0.39, 0.29) is 11.0 Å². The van der Waals surface area contributed by atoms with E-state index in [0.717, 1.165) is 5.56 Å². The Bertz CT molecular complexity index is 1090. The number of nitrogens with one attached hydrogen (secondary N) is 1. The van der Waals surface area contributed by atoms with Crippen molar-refractivity contribution in [2.24, 2.45) is 0 Å². The van der Waals surface area contributed by atoms with Crippen LogP contribution >= 0.6 is 11.6 Å². The molecular formula is C25H33ClN2O5S. The molecule has 0 bridgehead atoms. The second kappa shape index (κ2) is 10.1. The highest BCUT2D eigenvalue weighted by atomic mass is 35.5. The van der Waals surface area contributed by atoms with Crippen molar-refractivity contribution in [1.82, 2.24) is 9.62 Å². The second-order valence-corrected chi connectivity index (χ2v) is 11.9. The summed E-state index contributed by atoms with van der Waals surface area (Å²) in [6, 6.07) is 13.5. The summed E-state index contributed by atoms with van der Waals surface area (Å²) >= 11 is 6.08. The molecule has 186 valence electrons. The van der Waals surface area contributed by atoms with Crippen LogP contribution in [0.25, 0.3) is 0 Å². The van der Waals surface area contributed by atoms with Crippen molar-refractivity contribution >= 4 is 27.7 Å². The lowest BCUT2D eigenvalue weighted by Crippen LogP contribution is -2.54. The zero-order valence-electron chi connectivity index (χ0n) is 20.3. The van der Waals surface area contributed by atoms with Crippen LogP contribution in [0.15, 0.2) is 53.4 Å². The molecule has 1 aliphatic rings. The molecule has 0 aliphatic carbocycles. The summed E-state index contributed by atoms with van der Waals surface area (Å²) < 4.78 is 40.9. The van der Waals surface area contributed by atoms with Gasteiger partial charge in [0, 0.05) is 18.1 Å². The SMILES string of the molecule is CC(C)Oc1ccc(S(=O)(=O)NC2(c3ccc(Cl)cc3)CCN(C(=O)OC(C)(C)C)CC2)cc1. The lowest BCUT2D eigenvalue weighted by molar-refractivity contribution is 0.0158. The van der Waals surface area contributed by atoms with Crippen molar-refractivity contribution in [2.75, 3.05) is 13.1 Å². The van der Waals surface area contributed by atoms with Crippen LogP contribution in [-0.4, -0.2) is 44.2 Å². The molecule has 0 saturated carbocycles. The highest BCUT2D eigenvalue weighted by molar-refractivity contribution is 7.89. The van der Waals surface area contributed by atoms with Gasteiger partial charge < -0.3 is 14.4 Å². The summed E-state index contributed by atoms with van der Waals surface area (Å²) in [4.78, 5) is 14.3. The van der Waals surface area contributed by atoms with Gasteiger partial charge in [0.15, 0.2) is 0 Å². The molecule has 0 radical (unpaired) electrons. The van der Waals surface area contributed by atoms with Crippen LogP contribution in [0.4, 0.5) is 4.79 Å². The molecule has 0 unspecified atom stereocenters. The van der Waals surface area contributed by atoms with E-state index in [9.17, 15) is 13.2 Å². The number of rotatable bonds is 6. The van der Waals surface area contributed by atoms with E-state index in [1.165, 1.54) is 12.1 Å². The highest BCUT2D eigenvalue weighted by Crippen LogP contribution is 2.36. The van der Waals surface area contributed by atoms with Gasteiger partial charge in [0.1, 0.15) is 11.4 Å². The van der Waals surface area contributed by atoms with Gasteiger partial charge in [0.2, 0.25) is 10.0 Å². The van der Waals surface area contributed by atoms with Crippen molar-refractivity contribution in [1.29, 1.82) is 0 Å². The van der Waals surface area contributed by atoms with Crippen molar-refractivity contribution in [3.05, 3.63) is 59.1 Å². The molecule has 0 spiro atoms. The van der Waals surface area contributed by atoms with E-state index in [1.54, 1.807) is 29.2 Å². The summed E-state index contributed by atoms with van der Waals surface area (Å²) in [5.74, 6) is 0.604. The molecule has 1 aliphatic heterocycles. The minimum absolute atomic E-state index is 0.0103. The molecule has 0 aromatic heterocycles. The van der Waals surface area contributed by atoms with Crippen LogP contribution in [0.5, 0.6) is 5.75 Å². The average Bonchev–Trinajstić information content (AvgIpc) is 2.73. The standard InChI is InChI=1S/C25H33ClN2O5S/c1-18(2)32-21-10-12-22(13-11-21)34(30,31)27-25(19-6-8-20(26)9-7-19)14-16-28(17-15-25)23(29)33-24(3,4)5/h6-13,18,27H,14-17H2,1-5H3. The van der Waals surface area contributed by atoms with Gasteiger partial charge in [0.25, 0.3) is 0 Å². The maximum absolute atomic E-state index is 13.4. The number of sulfonamides is 1. The van der Waals surface area contributed by atoms with E-state index < -0.39 is 27.3 Å². The molecule has 1 fully saturated rings. The third kappa shape index (κ3) is 6.64. The predicted octanol–water partition coefficient (Wildman–Crippen LogP) is 5.33. The van der Waals surface area contributed by atoms with E-state index in [2.05, 4.69) is 4.72 Å². The predicted molar refractivity (Wildman–Crippen MR) is 133 cm³/mol. The Labute approximate surface area is 207 Å². The quantitative estimate of drug-likeness (QED) is 0.570. The minimum Gasteiger partial charge on any atom is -0.491 e. The van der Waals surface area contributed by atoms with Crippen LogP contribution in [0.3, 0.4) is 0 Å². The number of ether oxygens (including phenoxy) is 2. The highest BCUT2D eigenvalue weighted by Gasteiger charge is 2.41. The molecule has 7 nitrogen and oxygen atoms in total. The minimum atomic E-state index is -3.86. The van der Waals surface area contributed by atoms with Gasteiger partial charge in [0.05, 0.1) is 16.5 Å². The molecule has 3 rings (SSSR count). The third-order valence-corrected chi connectivity index (χ3v) is 7.31. The molecule has 1 heterocycles. The summed E-state index contributed by atoms with van der Waals surface area (Å²) in [6.07, 6.45) is 0.369. The molecule has 1 N–H and O–H groups in total. The molecule has 2 aromatic rings. The van der Waals surface area contributed by atoms with Gasteiger partial charge >= 0.3 is 6.09 Å². The van der Waals surface area contributed by atoms with Crippen LogP contribution < -0.4 is 9.46 Å². The Morgan fingerprint density at radius 1 is 1.03 bits per heavy atom. The van der Waals surface area contributed by atoms with Gasteiger partial charge in [-0.25, -0.2) is 17.9 Å². The molecule has 1 saturated heterocycles. The number of piperidine rings is 1. The molecular weight excluding hydrogens is 476 g/mol. The zero-order valence-corrected chi connectivity index (χ0v) is 21.9. The van der Waals surface area contributed by atoms with Crippen molar-refractivity contribution in [3.8, 4) is 5.75 Å². The Balaban J connectivity index is 1.86. The number of carbonyl (C=O) groups excluding carboxylic acids is 1. The van der Waals surface area contributed by atoms with Gasteiger partial charge in [-0.2, -0.15) is 0 Å². The Morgan fingerprint density at radius 2 is 1.59 bits per heavy atom. The average molecular weight is 509 g/mol. The van der Waals surface area contributed by atoms with Crippen molar-refractivity contribution < 1.29 is 22.7 Å². The second-order valence-electron chi connectivity index (χ2n) is 9.80. The van der Waals surface area contributed by atoms with Gasteiger partial charge in [-0.15, -0.1) is 0 Å². The largest absolute Gasteiger partial charge is 0.491 e.